The van der Waals surface area contributed by atoms with E-state index in [1.165, 1.54) is 30.8 Å². The van der Waals surface area contributed by atoms with Gasteiger partial charge in [-0.05, 0) is 35.4 Å². The van der Waals surface area contributed by atoms with Gasteiger partial charge in [0.05, 0.1) is 5.56 Å². The van der Waals surface area contributed by atoms with Gasteiger partial charge >= 0.3 is 0 Å². The first-order chi connectivity index (χ1) is 9.75. The Morgan fingerprint density at radius 1 is 1.30 bits per heavy atom. The Balaban J connectivity index is 1.77. The van der Waals surface area contributed by atoms with Crippen molar-refractivity contribution in [2.45, 2.75) is 26.2 Å². The van der Waals surface area contributed by atoms with Crippen LogP contribution >= 0.6 is 11.5 Å². The van der Waals surface area contributed by atoms with Gasteiger partial charge in [-0.1, -0.05) is 50.1 Å². The SMILES string of the molecule is CC1CCCC1CNc1snc(N)c1-c1ccccc1. The molecule has 1 heterocycles. The minimum Gasteiger partial charge on any atom is -0.382 e. The van der Waals surface area contributed by atoms with Crippen molar-refractivity contribution < 1.29 is 0 Å². The van der Waals surface area contributed by atoms with Crippen LogP contribution in [0.4, 0.5) is 10.8 Å². The molecule has 3 nitrogen and oxygen atoms in total. The summed E-state index contributed by atoms with van der Waals surface area (Å²) in [5.41, 5.74) is 8.24. The van der Waals surface area contributed by atoms with Crippen molar-refractivity contribution >= 4 is 22.4 Å². The predicted molar refractivity (Wildman–Crippen MR) is 87.0 cm³/mol. The van der Waals surface area contributed by atoms with Crippen molar-refractivity contribution in [2.75, 3.05) is 17.6 Å². The normalized spacial score (nSPS) is 22.1. The molecule has 1 aliphatic carbocycles. The van der Waals surface area contributed by atoms with Crippen molar-refractivity contribution in [2.24, 2.45) is 11.8 Å². The van der Waals surface area contributed by atoms with E-state index >= 15 is 0 Å². The second-order valence-corrected chi connectivity index (χ2v) is 6.46. The van der Waals surface area contributed by atoms with Gasteiger partial charge in [0.15, 0.2) is 0 Å². The van der Waals surface area contributed by atoms with Crippen LogP contribution in [0.1, 0.15) is 26.2 Å². The molecule has 0 spiro atoms. The van der Waals surface area contributed by atoms with Crippen molar-refractivity contribution in [1.82, 2.24) is 4.37 Å². The molecule has 3 N–H and O–H groups in total. The summed E-state index contributed by atoms with van der Waals surface area (Å²) in [5.74, 6) is 2.23. The Hall–Kier alpha value is -1.55. The number of rotatable bonds is 4. The summed E-state index contributed by atoms with van der Waals surface area (Å²) in [6.45, 7) is 3.39. The third-order valence-corrected chi connectivity index (χ3v) is 5.16. The zero-order valence-electron chi connectivity index (χ0n) is 11.8. The third kappa shape index (κ3) is 2.66. The lowest BCUT2D eigenvalue weighted by Gasteiger charge is -2.16. The lowest BCUT2D eigenvalue weighted by atomic mass is 9.98. The summed E-state index contributed by atoms with van der Waals surface area (Å²) >= 11 is 1.47. The summed E-state index contributed by atoms with van der Waals surface area (Å²) in [7, 11) is 0. The summed E-state index contributed by atoms with van der Waals surface area (Å²) in [5, 5.41) is 4.69. The summed E-state index contributed by atoms with van der Waals surface area (Å²) in [4.78, 5) is 0. The molecule has 0 saturated heterocycles. The van der Waals surface area contributed by atoms with Crippen LogP contribution in [0.5, 0.6) is 0 Å². The second kappa shape index (κ2) is 5.83. The molecule has 106 valence electrons. The number of nitrogen functional groups attached to an aromatic ring is 1. The van der Waals surface area contributed by atoms with Crippen molar-refractivity contribution in [1.29, 1.82) is 0 Å². The average Bonchev–Trinajstić information content (AvgIpc) is 3.03. The van der Waals surface area contributed by atoms with Gasteiger partial charge in [-0.15, -0.1) is 0 Å². The Labute approximate surface area is 124 Å². The highest BCUT2D eigenvalue weighted by Gasteiger charge is 2.23. The molecular weight excluding hydrogens is 266 g/mol. The molecule has 2 unspecified atom stereocenters. The molecule has 1 aromatic heterocycles. The molecule has 1 saturated carbocycles. The molecule has 3 rings (SSSR count). The molecule has 0 radical (unpaired) electrons. The molecule has 2 atom stereocenters. The van der Waals surface area contributed by atoms with E-state index in [-0.39, 0.29) is 0 Å². The first-order valence-corrected chi connectivity index (χ1v) is 8.07. The maximum absolute atomic E-state index is 6.04. The number of aromatic nitrogens is 1. The molecular formula is C16H21N3S. The lowest BCUT2D eigenvalue weighted by Crippen LogP contribution is -2.16. The Morgan fingerprint density at radius 2 is 2.10 bits per heavy atom. The van der Waals surface area contributed by atoms with Crippen molar-refractivity contribution in [3.8, 4) is 11.1 Å². The molecule has 1 aromatic carbocycles. The van der Waals surface area contributed by atoms with Gasteiger partial charge < -0.3 is 11.1 Å². The van der Waals surface area contributed by atoms with Crippen LogP contribution in [-0.2, 0) is 0 Å². The van der Waals surface area contributed by atoms with E-state index in [0.29, 0.717) is 5.82 Å². The number of hydrogen-bond donors (Lipinski definition) is 2. The number of nitrogens with zero attached hydrogens (tertiary/aromatic N) is 1. The van der Waals surface area contributed by atoms with Crippen LogP contribution < -0.4 is 11.1 Å². The van der Waals surface area contributed by atoms with Crippen molar-refractivity contribution in [3.63, 3.8) is 0 Å². The number of anilines is 2. The summed E-state index contributed by atoms with van der Waals surface area (Å²) in [6.07, 6.45) is 4.07. The molecule has 1 aliphatic rings. The maximum Gasteiger partial charge on any atom is 0.147 e. The van der Waals surface area contributed by atoms with E-state index in [2.05, 4.69) is 28.7 Å². The van der Waals surface area contributed by atoms with E-state index in [1.807, 2.05) is 18.2 Å². The fourth-order valence-electron chi connectivity index (χ4n) is 3.06. The van der Waals surface area contributed by atoms with Gasteiger partial charge in [-0.2, -0.15) is 4.37 Å². The van der Waals surface area contributed by atoms with Crippen LogP contribution in [0.25, 0.3) is 11.1 Å². The van der Waals surface area contributed by atoms with Gasteiger partial charge in [-0.3, -0.25) is 0 Å². The molecule has 0 aliphatic heterocycles. The predicted octanol–water partition coefficient (Wildman–Crippen LogP) is 4.24. The lowest BCUT2D eigenvalue weighted by molar-refractivity contribution is 0.440. The fraction of sp³-hybridized carbons (Fsp3) is 0.438. The Morgan fingerprint density at radius 3 is 2.80 bits per heavy atom. The Bertz CT molecular complexity index is 564. The van der Waals surface area contributed by atoms with Crippen LogP contribution in [0.2, 0.25) is 0 Å². The molecule has 1 fully saturated rings. The van der Waals surface area contributed by atoms with E-state index in [0.717, 1.165) is 34.5 Å². The first kappa shape index (κ1) is 13.4. The zero-order chi connectivity index (χ0) is 13.9. The molecule has 0 bridgehead atoms. The first-order valence-electron chi connectivity index (χ1n) is 7.30. The van der Waals surface area contributed by atoms with Gasteiger partial charge in [0.25, 0.3) is 0 Å². The monoisotopic (exact) mass is 287 g/mol. The highest BCUT2D eigenvalue weighted by molar-refractivity contribution is 7.11. The van der Waals surface area contributed by atoms with Gasteiger partial charge in [0.1, 0.15) is 10.8 Å². The van der Waals surface area contributed by atoms with Gasteiger partial charge in [0, 0.05) is 6.54 Å². The van der Waals surface area contributed by atoms with Gasteiger partial charge in [-0.25, -0.2) is 0 Å². The smallest absolute Gasteiger partial charge is 0.147 e. The average molecular weight is 287 g/mol. The van der Waals surface area contributed by atoms with Crippen molar-refractivity contribution in [3.05, 3.63) is 30.3 Å². The largest absolute Gasteiger partial charge is 0.382 e. The minimum absolute atomic E-state index is 0.628. The number of hydrogen-bond acceptors (Lipinski definition) is 4. The highest BCUT2D eigenvalue weighted by Crippen LogP contribution is 2.38. The molecule has 20 heavy (non-hydrogen) atoms. The summed E-state index contributed by atoms with van der Waals surface area (Å²) < 4.78 is 4.31. The number of nitrogens with one attached hydrogen (secondary N) is 1. The highest BCUT2D eigenvalue weighted by atomic mass is 32.1. The number of nitrogens with two attached hydrogens (primary N) is 1. The van der Waals surface area contributed by atoms with E-state index < -0.39 is 0 Å². The standard InChI is InChI=1S/C16H21N3S/c1-11-6-5-9-13(11)10-18-16-14(15(17)19-20-16)12-7-3-2-4-8-12/h2-4,7-8,11,13,18H,5-6,9-10H2,1H3,(H2,17,19). The van der Waals surface area contributed by atoms with E-state index in [1.54, 1.807) is 0 Å². The number of benzene rings is 1. The Kier molecular flexibility index (Phi) is 3.92. The van der Waals surface area contributed by atoms with Gasteiger partial charge in [0.2, 0.25) is 0 Å². The van der Waals surface area contributed by atoms with Crippen LogP contribution in [0.15, 0.2) is 30.3 Å². The zero-order valence-corrected chi connectivity index (χ0v) is 12.6. The third-order valence-electron chi connectivity index (χ3n) is 4.34. The quantitative estimate of drug-likeness (QED) is 0.884. The topological polar surface area (TPSA) is 50.9 Å². The maximum atomic E-state index is 6.04. The second-order valence-electron chi connectivity index (χ2n) is 5.69. The molecule has 4 heteroatoms. The van der Waals surface area contributed by atoms with Crippen LogP contribution in [0.3, 0.4) is 0 Å². The van der Waals surface area contributed by atoms with Crippen LogP contribution in [-0.4, -0.2) is 10.9 Å². The molecule has 0 amide bonds. The minimum atomic E-state index is 0.628. The van der Waals surface area contributed by atoms with E-state index in [4.69, 9.17) is 5.73 Å². The summed E-state index contributed by atoms with van der Waals surface area (Å²) in [6, 6.07) is 10.3. The fourth-order valence-corrected chi connectivity index (χ4v) is 3.80. The molecule has 2 aromatic rings. The van der Waals surface area contributed by atoms with E-state index in [9.17, 15) is 0 Å². The van der Waals surface area contributed by atoms with Crippen LogP contribution in [0, 0.1) is 11.8 Å².